The third-order valence-corrected chi connectivity index (χ3v) is 4.82. The molecule has 2 aromatic rings. The molecule has 0 unspecified atom stereocenters. The summed E-state index contributed by atoms with van der Waals surface area (Å²) in [6.07, 6.45) is 3.02. The fourth-order valence-corrected chi connectivity index (χ4v) is 3.32. The summed E-state index contributed by atoms with van der Waals surface area (Å²) in [5.74, 6) is 0. The molecule has 2 aromatic heterocycles. The van der Waals surface area contributed by atoms with E-state index >= 15 is 0 Å². The Morgan fingerprint density at radius 3 is 2.84 bits per heavy atom. The minimum absolute atomic E-state index is 0.0679. The van der Waals surface area contributed by atoms with Crippen molar-refractivity contribution in [3.05, 3.63) is 35.5 Å². The van der Waals surface area contributed by atoms with Crippen LogP contribution < -0.4 is 5.73 Å². The molecular formula is C11H16N4O3S. The number of furan rings is 1. The lowest BCUT2D eigenvalue weighted by Gasteiger charge is -2.16. The van der Waals surface area contributed by atoms with Crippen LogP contribution in [0.1, 0.15) is 17.0 Å². The molecule has 0 radical (unpaired) electrons. The van der Waals surface area contributed by atoms with E-state index in [-0.39, 0.29) is 18.0 Å². The molecule has 104 valence electrons. The molecule has 0 aliphatic carbocycles. The number of hydrogen-bond acceptors (Lipinski definition) is 5. The molecule has 0 spiro atoms. The molecule has 0 atom stereocenters. The van der Waals surface area contributed by atoms with Crippen molar-refractivity contribution in [2.24, 2.45) is 5.73 Å². The highest BCUT2D eigenvalue weighted by Crippen LogP contribution is 2.22. The Bertz CT molecular complexity index is 646. The highest BCUT2D eigenvalue weighted by molar-refractivity contribution is 7.89. The number of aromatic amines is 1. The predicted octanol–water partition coefficient (Wildman–Crippen LogP) is 0.591. The van der Waals surface area contributed by atoms with Crippen molar-refractivity contribution < 1.29 is 12.8 Å². The Kier molecular flexibility index (Phi) is 3.74. The van der Waals surface area contributed by atoms with Gasteiger partial charge in [-0.15, -0.1) is 0 Å². The summed E-state index contributed by atoms with van der Waals surface area (Å²) in [5, 5.41) is 6.56. The zero-order chi connectivity index (χ0) is 14.0. The van der Waals surface area contributed by atoms with Crippen LogP contribution >= 0.6 is 0 Å². The van der Waals surface area contributed by atoms with Crippen molar-refractivity contribution in [3.63, 3.8) is 0 Å². The van der Waals surface area contributed by atoms with E-state index in [1.54, 1.807) is 13.0 Å². The maximum atomic E-state index is 12.5. The number of nitrogens with one attached hydrogen (secondary N) is 1. The molecule has 0 aromatic carbocycles. The zero-order valence-corrected chi connectivity index (χ0v) is 11.6. The topological polar surface area (TPSA) is 105 Å². The van der Waals surface area contributed by atoms with Gasteiger partial charge in [0.05, 0.1) is 23.9 Å². The SMILES string of the molecule is Cc1[nH]nc(CN)c1S(=O)(=O)N(C)Cc1ccoc1. The van der Waals surface area contributed by atoms with Crippen LogP contribution in [0, 0.1) is 6.92 Å². The molecule has 0 saturated carbocycles. The first-order chi connectivity index (χ1) is 8.96. The van der Waals surface area contributed by atoms with Crippen molar-refractivity contribution in [3.8, 4) is 0 Å². The number of H-pyrrole nitrogens is 1. The van der Waals surface area contributed by atoms with Gasteiger partial charge in [0.2, 0.25) is 10.0 Å². The van der Waals surface area contributed by atoms with Gasteiger partial charge in [-0.25, -0.2) is 8.42 Å². The first kappa shape index (κ1) is 13.8. The standard InChI is InChI=1S/C11H16N4O3S/c1-8-11(10(5-12)14-13-8)19(16,17)15(2)6-9-3-4-18-7-9/h3-4,7H,5-6,12H2,1-2H3,(H,13,14). The van der Waals surface area contributed by atoms with E-state index in [0.29, 0.717) is 11.4 Å². The van der Waals surface area contributed by atoms with Gasteiger partial charge in [0, 0.05) is 25.7 Å². The van der Waals surface area contributed by atoms with Crippen molar-refractivity contribution >= 4 is 10.0 Å². The largest absolute Gasteiger partial charge is 0.472 e. The van der Waals surface area contributed by atoms with E-state index in [1.807, 2.05) is 0 Å². The molecular weight excluding hydrogens is 268 g/mol. The molecule has 0 aliphatic heterocycles. The van der Waals surface area contributed by atoms with Gasteiger partial charge in [0.25, 0.3) is 0 Å². The molecule has 0 amide bonds. The average Bonchev–Trinajstić information content (AvgIpc) is 2.98. The third-order valence-electron chi connectivity index (χ3n) is 2.81. The second-order valence-corrected chi connectivity index (χ2v) is 6.20. The van der Waals surface area contributed by atoms with Gasteiger partial charge >= 0.3 is 0 Å². The number of nitrogens with two attached hydrogens (primary N) is 1. The van der Waals surface area contributed by atoms with Crippen LogP contribution in [0.25, 0.3) is 0 Å². The van der Waals surface area contributed by atoms with E-state index in [0.717, 1.165) is 5.56 Å². The molecule has 19 heavy (non-hydrogen) atoms. The van der Waals surface area contributed by atoms with Gasteiger partial charge in [-0.3, -0.25) is 5.10 Å². The molecule has 0 bridgehead atoms. The molecule has 8 heteroatoms. The Morgan fingerprint density at radius 1 is 1.53 bits per heavy atom. The fraction of sp³-hybridized carbons (Fsp3) is 0.364. The number of aromatic nitrogens is 2. The van der Waals surface area contributed by atoms with Crippen LogP contribution in [-0.4, -0.2) is 30.0 Å². The maximum absolute atomic E-state index is 12.5. The number of rotatable bonds is 5. The Balaban J connectivity index is 2.33. The Hall–Kier alpha value is -1.64. The van der Waals surface area contributed by atoms with Crippen LogP contribution in [0.2, 0.25) is 0 Å². The zero-order valence-electron chi connectivity index (χ0n) is 10.8. The predicted molar refractivity (Wildman–Crippen MR) is 68.6 cm³/mol. The first-order valence-corrected chi connectivity index (χ1v) is 7.12. The summed E-state index contributed by atoms with van der Waals surface area (Å²) in [5.41, 5.74) is 7.13. The summed E-state index contributed by atoms with van der Waals surface area (Å²) in [7, 11) is -2.12. The van der Waals surface area contributed by atoms with Gasteiger partial charge < -0.3 is 10.2 Å². The molecule has 7 nitrogen and oxygen atoms in total. The second kappa shape index (κ2) is 5.16. The summed E-state index contributed by atoms with van der Waals surface area (Å²) in [6, 6.07) is 1.72. The van der Waals surface area contributed by atoms with Gasteiger partial charge in [-0.05, 0) is 13.0 Å². The normalized spacial score (nSPS) is 12.2. The lowest BCUT2D eigenvalue weighted by molar-refractivity contribution is 0.462. The highest BCUT2D eigenvalue weighted by atomic mass is 32.2. The van der Waals surface area contributed by atoms with Crippen molar-refractivity contribution in [1.29, 1.82) is 0 Å². The monoisotopic (exact) mass is 284 g/mol. The molecule has 0 saturated heterocycles. The smallest absolute Gasteiger partial charge is 0.246 e. The number of nitrogens with zero attached hydrogens (tertiary/aromatic N) is 2. The van der Waals surface area contributed by atoms with E-state index in [2.05, 4.69) is 10.2 Å². The Labute approximate surface area is 111 Å². The maximum Gasteiger partial charge on any atom is 0.246 e. The molecule has 0 fully saturated rings. The minimum atomic E-state index is -3.63. The lowest BCUT2D eigenvalue weighted by Crippen LogP contribution is -2.27. The van der Waals surface area contributed by atoms with Crippen LogP contribution in [0.15, 0.2) is 27.9 Å². The Morgan fingerprint density at radius 2 is 2.26 bits per heavy atom. The summed E-state index contributed by atoms with van der Waals surface area (Å²) in [6.45, 7) is 1.96. The molecule has 3 N–H and O–H groups in total. The fourth-order valence-electron chi connectivity index (χ4n) is 1.83. The number of sulfonamides is 1. The van der Waals surface area contributed by atoms with Gasteiger partial charge in [-0.1, -0.05) is 0 Å². The van der Waals surface area contributed by atoms with E-state index in [9.17, 15) is 8.42 Å². The molecule has 2 rings (SSSR count). The van der Waals surface area contributed by atoms with Crippen LogP contribution in [0.4, 0.5) is 0 Å². The lowest BCUT2D eigenvalue weighted by atomic mass is 10.3. The van der Waals surface area contributed by atoms with Crippen molar-refractivity contribution in [2.75, 3.05) is 7.05 Å². The summed E-state index contributed by atoms with van der Waals surface area (Å²) in [4.78, 5) is 0.154. The van der Waals surface area contributed by atoms with E-state index in [1.165, 1.54) is 23.9 Å². The second-order valence-electron chi connectivity index (χ2n) is 4.22. The van der Waals surface area contributed by atoms with E-state index in [4.69, 9.17) is 10.2 Å². The highest BCUT2D eigenvalue weighted by Gasteiger charge is 2.28. The van der Waals surface area contributed by atoms with Gasteiger partial charge in [0.1, 0.15) is 4.90 Å². The van der Waals surface area contributed by atoms with Crippen LogP contribution in [0.5, 0.6) is 0 Å². The third kappa shape index (κ3) is 2.55. The van der Waals surface area contributed by atoms with Crippen molar-refractivity contribution in [2.45, 2.75) is 24.9 Å². The quantitative estimate of drug-likeness (QED) is 0.836. The summed E-state index contributed by atoms with van der Waals surface area (Å²) >= 11 is 0. The average molecular weight is 284 g/mol. The van der Waals surface area contributed by atoms with Gasteiger partial charge in [-0.2, -0.15) is 9.40 Å². The summed E-state index contributed by atoms with van der Waals surface area (Å²) < 4.78 is 31.2. The van der Waals surface area contributed by atoms with Crippen LogP contribution in [0.3, 0.4) is 0 Å². The number of aryl methyl sites for hydroxylation is 1. The van der Waals surface area contributed by atoms with E-state index < -0.39 is 10.0 Å². The molecule has 0 aliphatic rings. The minimum Gasteiger partial charge on any atom is -0.472 e. The van der Waals surface area contributed by atoms with Crippen LogP contribution in [-0.2, 0) is 23.1 Å². The first-order valence-electron chi connectivity index (χ1n) is 5.68. The number of hydrogen-bond donors (Lipinski definition) is 2. The van der Waals surface area contributed by atoms with Crippen molar-refractivity contribution in [1.82, 2.24) is 14.5 Å². The van der Waals surface area contributed by atoms with Gasteiger partial charge in [0.15, 0.2) is 0 Å². The molecule has 2 heterocycles.